The number of amides is 1. The van der Waals surface area contributed by atoms with Crippen LogP contribution in [-0.2, 0) is 4.79 Å². The van der Waals surface area contributed by atoms with E-state index in [0.29, 0.717) is 12.8 Å². The zero-order valence-corrected chi connectivity index (χ0v) is 34.7. The summed E-state index contributed by atoms with van der Waals surface area (Å²) in [5, 5.41) is 22.8. The molecule has 2 atom stereocenters. The number of aliphatic hydroxyl groups excluding tert-OH is 2. The molecule has 0 spiro atoms. The Kier molecular flexibility index (Phi) is 41.6. The second-order valence-electron chi connectivity index (χ2n) is 14.0. The van der Waals surface area contributed by atoms with Crippen LogP contribution in [0.25, 0.3) is 0 Å². The Morgan fingerprint density at radius 1 is 0.463 bits per heavy atom. The van der Waals surface area contributed by atoms with Gasteiger partial charge < -0.3 is 15.5 Å². The van der Waals surface area contributed by atoms with Crippen LogP contribution in [0.2, 0.25) is 0 Å². The van der Waals surface area contributed by atoms with Gasteiger partial charge in [0.2, 0.25) is 5.91 Å². The Morgan fingerprint density at radius 3 is 1.22 bits per heavy atom. The summed E-state index contributed by atoms with van der Waals surface area (Å²) in [7, 11) is 0. The van der Waals surface area contributed by atoms with Crippen molar-refractivity contribution in [3.63, 3.8) is 0 Å². The molecule has 0 radical (unpaired) electrons. The monoisotopic (exact) mass is 744 g/mol. The van der Waals surface area contributed by atoms with Crippen molar-refractivity contribution in [2.45, 2.75) is 180 Å². The third kappa shape index (κ3) is 40.0. The summed E-state index contributed by atoms with van der Waals surface area (Å²) in [6.07, 6.45) is 68.8. The minimum atomic E-state index is -0.669. The highest BCUT2D eigenvalue weighted by Gasteiger charge is 2.19. The maximum Gasteiger partial charge on any atom is 0.220 e. The first-order valence-corrected chi connectivity index (χ1v) is 21.7. The van der Waals surface area contributed by atoms with Gasteiger partial charge in [-0.25, -0.2) is 0 Å². The first-order valence-electron chi connectivity index (χ1n) is 21.7. The van der Waals surface area contributed by atoms with E-state index in [4.69, 9.17) is 0 Å². The average Bonchev–Trinajstić information content (AvgIpc) is 3.18. The predicted octanol–water partition coefficient (Wildman–Crippen LogP) is 13.8. The molecule has 0 bridgehead atoms. The highest BCUT2D eigenvalue weighted by molar-refractivity contribution is 5.76. The Labute approximate surface area is 333 Å². The van der Waals surface area contributed by atoms with E-state index in [1.165, 1.54) is 38.5 Å². The van der Waals surface area contributed by atoms with Gasteiger partial charge in [0.25, 0.3) is 0 Å². The molecule has 0 aliphatic rings. The molecule has 0 saturated heterocycles. The normalized spacial score (nSPS) is 14.2. The molecule has 0 aromatic rings. The van der Waals surface area contributed by atoms with E-state index in [9.17, 15) is 15.0 Å². The third-order valence-corrected chi connectivity index (χ3v) is 8.99. The number of allylic oxidation sites excluding steroid dienone is 20. The summed E-state index contributed by atoms with van der Waals surface area (Å²) in [6, 6.07) is -0.548. The van der Waals surface area contributed by atoms with E-state index in [1.807, 2.05) is 0 Å². The first-order chi connectivity index (χ1) is 26.7. The maximum atomic E-state index is 12.3. The number of rotatable bonds is 37. The highest BCUT2D eigenvalue weighted by Crippen LogP contribution is 2.12. The Bertz CT molecular complexity index is 1120. The number of nitrogens with one attached hydrogen (secondary N) is 1. The van der Waals surface area contributed by atoms with Gasteiger partial charge in [0.05, 0.1) is 18.8 Å². The summed E-state index contributed by atoms with van der Waals surface area (Å²) in [4.78, 5) is 12.3. The quantitative estimate of drug-likeness (QED) is 0.0438. The maximum absolute atomic E-state index is 12.3. The lowest BCUT2D eigenvalue weighted by molar-refractivity contribution is -0.123. The molecule has 0 rings (SSSR count). The number of hydrogen-bond donors (Lipinski definition) is 3. The van der Waals surface area contributed by atoms with Crippen LogP contribution in [0.5, 0.6) is 0 Å². The molecular formula is C50H81NO3. The summed E-state index contributed by atoms with van der Waals surface area (Å²) >= 11 is 0. The van der Waals surface area contributed by atoms with Crippen molar-refractivity contribution in [3.05, 3.63) is 122 Å². The van der Waals surface area contributed by atoms with E-state index < -0.39 is 12.1 Å². The molecular weight excluding hydrogens is 663 g/mol. The van der Waals surface area contributed by atoms with Gasteiger partial charge in [0.15, 0.2) is 0 Å². The van der Waals surface area contributed by atoms with Crippen molar-refractivity contribution < 1.29 is 15.0 Å². The lowest BCUT2D eigenvalue weighted by Gasteiger charge is -2.22. The summed E-state index contributed by atoms with van der Waals surface area (Å²) in [5.74, 6) is -0.0603. The van der Waals surface area contributed by atoms with Crippen molar-refractivity contribution >= 4 is 5.91 Å². The molecule has 3 N–H and O–H groups in total. The Balaban J connectivity index is 3.64. The molecule has 1 amide bonds. The van der Waals surface area contributed by atoms with E-state index in [0.717, 1.165) is 103 Å². The van der Waals surface area contributed by atoms with Gasteiger partial charge in [-0.15, -0.1) is 0 Å². The SMILES string of the molecule is CC/C=C\C/C=C\C/C=C\C/C=C\C/C=C\C/C=C\C/C=C\C/C=C\C/C=C\C/C=C\CCCCCCCCC(=O)NC(CO)C(O)CCCCCCC. The molecule has 304 valence electrons. The van der Waals surface area contributed by atoms with Gasteiger partial charge in [-0.05, 0) is 89.9 Å². The molecule has 0 fully saturated rings. The highest BCUT2D eigenvalue weighted by atomic mass is 16.3. The predicted molar refractivity (Wildman–Crippen MR) is 239 cm³/mol. The Morgan fingerprint density at radius 2 is 0.815 bits per heavy atom. The number of carbonyl (C=O) groups excluding carboxylic acids is 1. The van der Waals surface area contributed by atoms with Crippen molar-refractivity contribution in [1.29, 1.82) is 0 Å². The summed E-state index contributed by atoms with van der Waals surface area (Å²) < 4.78 is 0. The molecule has 2 unspecified atom stereocenters. The number of aliphatic hydroxyl groups is 2. The zero-order chi connectivity index (χ0) is 39.3. The second-order valence-corrected chi connectivity index (χ2v) is 14.0. The fourth-order valence-electron chi connectivity index (χ4n) is 5.68. The van der Waals surface area contributed by atoms with Gasteiger partial charge >= 0.3 is 0 Å². The van der Waals surface area contributed by atoms with Crippen molar-refractivity contribution in [2.24, 2.45) is 0 Å². The number of hydrogen-bond acceptors (Lipinski definition) is 3. The molecule has 0 heterocycles. The van der Waals surface area contributed by atoms with Crippen molar-refractivity contribution in [3.8, 4) is 0 Å². The fourth-order valence-corrected chi connectivity index (χ4v) is 5.68. The zero-order valence-electron chi connectivity index (χ0n) is 34.7. The van der Waals surface area contributed by atoms with Gasteiger partial charge in [-0.1, -0.05) is 193 Å². The van der Waals surface area contributed by atoms with Gasteiger partial charge in [0, 0.05) is 6.42 Å². The minimum Gasteiger partial charge on any atom is -0.394 e. The summed E-state index contributed by atoms with van der Waals surface area (Å²) in [6.45, 7) is 4.13. The van der Waals surface area contributed by atoms with Crippen LogP contribution >= 0.6 is 0 Å². The summed E-state index contributed by atoms with van der Waals surface area (Å²) in [5.41, 5.74) is 0. The van der Waals surface area contributed by atoms with E-state index >= 15 is 0 Å². The van der Waals surface area contributed by atoms with Crippen molar-refractivity contribution in [1.82, 2.24) is 5.32 Å². The Hall–Kier alpha value is -3.21. The molecule has 54 heavy (non-hydrogen) atoms. The van der Waals surface area contributed by atoms with E-state index in [2.05, 4.69) is 141 Å². The second kappa shape index (κ2) is 44.2. The fraction of sp³-hybridized carbons (Fsp3) is 0.580. The molecule has 0 aromatic carbocycles. The topological polar surface area (TPSA) is 69.6 Å². The van der Waals surface area contributed by atoms with Crippen LogP contribution in [0.15, 0.2) is 122 Å². The van der Waals surface area contributed by atoms with Crippen LogP contribution in [0.3, 0.4) is 0 Å². The molecule has 0 aromatic heterocycles. The van der Waals surface area contributed by atoms with Crippen LogP contribution in [0, 0.1) is 0 Å². The molecule has 0 aliphatic heterocycles. The van der Waals surface area contributed by atoms with Crippen LogP contribution in [0.4, 0.5) is 0 Å². The smallest absolute Gasteiger partial charge is 0.220 e. The molecule has 0 saturated carbocycles. The van der Waals surface area contributed by atoms with Gasteiger partial charge in [0.1, 0.15) is 0 Å². The lowest BCUT2D eigenvalue weighted by Crippen LogP contribution is -2.45. The standard InChI is InChI=1S/C50H81NO3/c1-3-5-7-9-10-11-12-13-14-15-16-17-18-19-20-21-22-23-24-25-26-27-28-29-30-31-32-33-34-35-36-37-38-39-40-42-44-46-50(54)51-48(47-52)49(53)45-43-41-8-6-4-2/h5,7,10-11,13-14,16-17,19-20,22-23,25-26,28-29,31-32,34-35,48-49,52-53H,3-4,6,8-9,12,15,18,21,24,27,30,33,36-47H2,1-2H3,(H,51,54)/b7-5-,11-10-,14-13-,17-16-,20-19-,23-22-,26-25-,29-28-,32-31-,35-34-. The molecule has 0 aliphatic carbocycles. The number of unbranched alkanes of at least 4 members (excludes halogenated alkanes) is 10. The van der Waals surface area contributed by atoms with E-state index in [-0.39, 0.29) is 12.5 Å². The van der Waals surface area contributed by atoms with Crippen LogP contribution < -0.4 is 5.32 Å². The molecule has 4 nitrogen and oxygen atoms in total. The first kappa shape index (κ1) is 50.8. The average molecular weight is 744 g/mol. The number of carbonyl (C=O) groups is 1. The van der Waals surface area contributed by atoms with E-state index in [1.54, 1.807) is 0 Å². The van der Waals surface area contributed by atoms with Crippen molar-refractivity contribution in [2.75, 3.05) is 6.61 Å². The van der Waals surface area contributed by atoms with Gasteiger partial charge in [-0.3, -0.25) is 4.79 Å². The lowest BCUT2D eigenvalue weighted by atomic mass is 10.0. The van der Waals surface area contributed by atoms with Gasteiger partial charge in [-0.2, -0.15) is 0 Å². The van der Waals surface area contributed by atoms with Crippen LogP contribution in [0.1, 0.15) is 168 Å². The third-order valence-electron chi connectivity index (χ3n) is 8.99. The largest absolute Gasteiger partial charge is 0.394 e. The molecule has 4 heteroatoms. The minimum absolute atomic E-state index is 0.0603. The van der Waals surface area contributed by atoms with Crippen LogP contribution in [-0.4, -0.2) is 34.9 Å².